The van der Waals surface area contributed by atoms with Gasteiger partial charge in [0.05, 0.1) is 22.9 Å². The molecule has 19 heavy (non-hydrogen) atoms. The predicted octanol–water partition coefficient (Wildman–Crippen LogP) is 2.42. The van der Waals surface area contributed by atoms with Crippen molar-refractivity contribution in [2.24, 2.45) is 0 Å². The molecule has 0 amide bonds. The topological polar surface area (TPSA) is 78.6 Å². The van der Waals surface area contributed by atoms with Crippen LogP contribution in [0.4, 0.5) is 5.69 Å². The second-order valence-electron chi connectivity index (χ2n) is 3.85. The largest absolute Gasteiger partial charge is 0.463 e. The fourth-order valence-corrected chi connectivity index (χ4v) is 1.46. The predicted molar refractivity (Wildman–Crippen MR) is 72.0 cm³/mol. The average molecular weight is 286 g/mol. The molecule has 0 aliphatic carbocycles. The molecular formula is C13H16ClNO4. The summed E-state index contributed by atoms with van der Waals surface area (Å²) in [6.07, 6.45) is 1.70. The van der Waals surface area contributed by atoms with Gasteiger partial charge in [0, 0.05) is 0 Å². The van der Waals surface area contributed by atoms with Gasteiger partial charge in [0.2, 0.25) is 0 Å². The SMILES string of the molecule is CCCCOC(=O)COC(=O)c1cccc(Cl)c1N. The lowest BCUT2D eigenvalue weighted by Crippen LogP contribution is -2.17. The zero-order valence-corrected chi connectivity index (χ0v) is 11.4. The molecule has 0 radical (unpaired) electrons. The van der Waals surface area contributed by atoms with Gasteiger partial charge in [-0.25, -0.2) is 9.59 Å². The smallest absolute Gasteiger partial charge is 0.344 e. The maximum absolute atomic E-state index is 11.7. The van der Waals surface area contributed by atoms with Crippen molar-refractivity contribution in [1.29, 1.82) is 0 Å². The minimum absolute atomic E-state index is 0.133. The summed E-state index contributed by atoms with van der Waals surface area (Å²) in [5.74, 6) is -1.28. The molecule has 0 heterocycles. The Kier molecular flexibility index (Phi) is 6.15. The van der Waals surface area contributed by atoms with Crippen molar-refractivity contribution in [1.82, 2.24) is 0 Å². The van der Waals surface area contributed by atoms with Crippen molar-refractivity contribution >= 4 is 29.2 Å². The molecule has 0 atom stereocenters. The molecule has 0 fully saturated rings. The Labute approximate surface area is 116 Å². The summed E-state index contributed by atoms with van der Waals surface area (Å²) in [6.45, 7) is 1.87. The van der Waals surface area contributed by atoms with E-state index in [9.17, 15) is 9.59 Å². The Morgan fingerprint density at radius 3 is 2.74 bits per heavy atom. The first kappa shape index (κ1) is 15.3. The fraction of sp³-hybridized carbons (Fsp3) is 0.385. The van der Waals surface area contributed by atoms with Crippen molar-refractivity contribution in [3.63, 3.8) is 0 Å². The number of hydrogen-bond donors (Lipinski definition) is 1. The van der Waals surface area contributed by atoms with E-state index in [0.717, 1.165) is 12.8 Å². The van der Waals surface area contributed by atoms with E-state index < -0.39 is 18.5 Å². The number of para-hydroxylation sites is 1. The zero-order chi connectivity index (χ0) is 14.3. The van der Waals surface area contributed by atoms with Crippen LogP contribution >= 0.6 is 11.6 Å². The lowest BCUT2D eigenvalue weighted by Gasteiger charge is -2.08. The van der Waals surface area contributed by atoms with Crippen molar-refractivity contribution < 1.29 is 19.1 Å². The van der Waals surface area contributed by atoms with Gasteiger partial charge >= 0.3 is 11.9 Å². The molecule has 0 saturated carbocycles. The van der Waals surface area contributed by atoms with E-state index in [1.54, 1.807) is 12.1 Å². The highest BCUT2D eigenvalue weighted by molar-refractivity contribution is 6.33. The molecule has 5 nitrogen and oxygen atoms in total. The summed E-state index contributed by atoms with van der Waals surface area (Å²) < 4.78 is 9.65. The van der Waals surface area contributed by atoms with E-state index in [1.807, 2.05) is 6.92 Å². The standard InChI is InChI=1S/C13H16ClNO4/c1-2-3-7-18-11(16)8-19-13(17)9-5-4-6-10(14)12(9)15/h4-6H,2-3,7-8,15H2,1H3. The van der Waals surface area contributed by atoms with Gasteiger partial charge in [0.15, 0.2) is 6.61 Å². The lowest BCUT2D eigenvalue weighted by molar-refractivity contribution is -0.147. The fourth-order valence-electron chi connectivity index (χ4n) is 1.29. The van der Waals surface area contributed by atoms with Gasteiger partial charge in [-0.3, -0.25) is 0 Å². The molecule has 2 N–H and O–H groups in total. The number of hydrogen-bond acceptors (Lipinski definition) is 5. The maximum Gasteiger partial charge on any atom is 0.344 e. The molecule has 0 saturated heterocycles. The van der Waals surface area contributed by atoms with Crippen molar-refractivity contribution in [3.8, 4) is 0 Å². The van der Waals surface area contributed by atoms with E-state index in [0.29, 0.717) is 6.61 Å². The quantitative estimate of drug-likeness (QED) is 0.493. The van der Waals surface area contributed by atoms with Crippen LogP contribution in [0.15, 0.2) is 18.2 Å². The lowest BCUT2D eigenvalue weighted by atomic mass is 10.2. The Balaban J connectivity index is 2.47. The van der Waals surface area contributed by atoms with Gasteiger partial charge in [0.25, 0.3) is 0 Å². The maximum atomic E-state index is 11.7. The van der Waals surface area contributed by atoms with Crippen LogP contribution < -0.4 is 5.73 Å². The van der Waals surface area contributed by atoms with Crippen LogP contribution in [0.3, 0.4) is 0 Å². The minimum atomic E-state index is -0.701. The second kappa shape index (κ2) is 7.63. The highest BCUT2D eigenvalue weighted by Crippen LogP contribution is 2.22. The first-order valence-electron chi connectivity index (χ1n) is 5.93. The van der Waals surface area contributed by atoms with E-state index >= 15 is 0 Å². The van der Waals surface area contributed by atoms with Gasteiger partial charge in [-0.15, -0.1) is 0 Å². The first-order valence-corrected chi connectivity index (χ1v) is 6.30. The molecule has 104 valence electrons. The van der Waals surface area contributed by atoms with Crippen molar-refractivity contribution in [2.45, 2.75) is 19.8 Å². The Morgan fingerprint density at radius 1 is 1.32 bits per heavy atom. The van der Waals surface area contributed by atoms with Crippen LogP contribution in [0.2, 0.25) is 5.02 Å². The summed E-state index contributed by atoms with van der Waals surface area (Å²) in [7, 11) is 0. The first-order chi connectivity index (χ1) is 9.06. The zero-order valence-electron chi connectivity index (χ0n) is 10.6. The normalized spacial score (nSPS) is 10.0. The van der Waals surface area contributed by atoms with E-state index in [2.05, 4.69) is 0 Å². The van der Waals surface area contributed by atoms with Crippen LogP contribution in [0.5, 0.6) is 0 Å². The number of halogens is 1. The average Bonchev–Trinajstić information content (AvgIpc) is 2.39. The summed E-state index contributed by atoms with van der Waals surface area (Å²) >= 11 is 5.78. The van der Waals surface area contributed by atoms with Crippen LogP contribution in [-0.4, -0.2) is 25.2 Å². The summed E-state index contributed by atoms with van der Waals surface area (Å²) in [5.41, 5.74) is 5.91. The number of nitrogen functional groups attached to an aromatic ring is 1. The third-order valence-electron chi connectivity index (χ3n) is 2.35. The molecule has 0 bridgehead atoms. The van der Waals surface area contributed by atoms with Gasteiger partial charge in [-0.2, -0.15) is 0 Å². The highest BCUT2D eigenvalue weighted by atomic mass is 35.5. The number of esters is 2. The third kappa shape index (κ3) is 4.79. The number of ether oxygens (including phenoxy) is 2. The number of carbonyl (C=O) groups excluding carboxylic acids is 2. The minimum Gasteiger partial charge on any atom is -0.463 e. The van der Waals surface area contributed by atoms with Crippen LogP contribution in [0.1, 0.15) is 30.1 Å². The number of rotatable bonds is 6. The summed E-state index contributed by atoms with van der Waals surface area (Å²) in [6, 6.07) is 4.62. The number of benzene rings is 1. The van der Waals surface area contributed by atoms with E-state index in [4.69, 9.17) is 26.8 Å². The number of anilines is 1. The highest BCUT2D eigenvalue weighted by Gasteiger charge is 2.15. The third-order valence-corrected chi connectivity index (χ3v) is 2.68. The molecular weight excluding hydrogens is 270 g/mol. The van der Waals surface area contributed by atoms with E-state index in [-0.39, 0.29) is 16.3 Å². The molecule has 6 heteroatoms. The van der Waals surface area contributed by atoms with Crippen molar-refractivity contribution in [2.75, 3.05) is 18.9 Å². The second-order valence-corrected chi connectivity index (χ2v) is 4.26. The Bertz CT molecular complexity index is 462. The van der Waals surface area contributed by atoms with Crippen LogP contribution in [-0.2, 0) is 14.3 Å². The molecule has 1 rings (SSSR count). The van der Waals surface area contributed by atoms with Crippen LogP contribution in [0, 0.1) is 0 Å². The molecule has 1 aromatic rings. The van der Waals surface area contributed by atoms with E-state index in [1.165, 1.54) is 6.07 Å². The van der Waals surface area contributed by atoms with Gasteiger partial charge in [-0.1, -0.05) is 31.0 Å². The molecule has 0 unspecified atom stereocenters. The van der Waals surface area contributed by atoms with Crippen molar-refractivity contribution in [3.05, 3.63) is 28.8 Å². The number of carbonyl (C=O) groups is 2. The summed E-state index contributed by atoms with van der Waals surface area (Å²) in [4.78, 5) is 22.9. The monoisotopic (exact) mass is 285 g/mol. The molecule has 0 aliphatic rings. The summed E-state index contributed by atoms with van der Waals surface area (Å²) in [5, 5.41) is 0.264. The number of nitrogens with two attached hydrogens (primary N) is 1. The molecule has 0 aromatic heterocycles. The Morgan fingerprint density at radius 2 is 2.05 bits per heavy atom. The van der Waals surface area contributed by atoms with Crippen LogP contribution in [0.25, 0.3) is 0 Å². The number of unbranched alkanes of at least 4 members (excludes halogenated alkanes) is 1. The molecule has 0 aliphatic heterocycles. The van der Waals surface area contributed by atoms with Gasteiger partial charge in [-0.05, 0) is 18.6 Å². The van der Waals surface area contributed by atoms with Gasteiger partial charge in [0.1, 0.15) is 0 Å². The molecule has 1 aromatic carbocycles. The Hall–Kier alpha value is -1.75. The molecule has 0 spiro atoms. The van der Waals surface area contributed by atoms with Gasteiger partial charge < -0.3 is 15.2 Å².